The van der Waals surface area contributed by atoms with Gasteiger partial charge in [-0.15, -0.1) is 11.3 Å². The second kappa shape index (κ2) is 6.72. The highest BCUT2D eigenvalue weighted by atomic mass is 32.1. The molecule has 2 rings (SSSR count). The SMILES string of the molecule is CN=C(NCc1nc(-c2ccccc2)cs1)NC(C)(C)C. The largest absolute Gasteiger partial charge is 0.352 e. The van der Waals surface area contributed by atoms with Gasteiger partial charge in [0.15, 0.2) is 5.96 Å². The summed E-state index contributed by atoms with van der Waals surface area (Å²) in [6.07, 6.45) is 0. The molecule has 0 bridgehead atoms. The molecule has 1 heterocycles. The van der Waals surface area contributed by atoms with Crippen LogP contribution in [0.2, 0.25) is 0 Å². The maximum Gasteiger partial charge on any atom is 0.191 e. The number of nitrogens with one attached hydrogen (secondary N) is 2. The Morgan fingerprint density at radius 3 is 2.57 bits per heavy atom. The molecule has 4 nitrogen and oxygen atoms in total. The Hall–Kier alpha value is -1.88. The van der Waals surface area contributed by atoms with Gasteiger partial charge in [0.05, 0.1) is 12.2 Å². The Kier molecular flexibility index (Phi) is 4.96. The molecule has 112 valence electrons. The fourth-order valence-electron chi connectivity index (χ4n) is 1.83. The van der Waals surface area contributed by atoms with Crippen molar-refractivity contribution in [2.24, 2.45) is 4.99 Å². The van der Waals surface area contributed by atoms with E-state index in [1.54, 1.807) is 18.4 Å². The van der Waals surface area contributed by atoms with Gasteiger partial charge in [-0.2, -0.15) is 0 Å². The summed E-state index contributed by atoms with van der Waals surface area (Å²) in [5.41, 5.74) is 2.16. The third-order valence-electron chi connectivity index (χ3n) is 2.75. The molecule has 0 spiro atoms. The summed E-state index contributed by atoms with van der Waals surface area (Å²) in [5, 5.41) is 9.76. The van der Waals surface area contributed by atoms with E-state index >= 15 is 0 Å². The lowest BCUT2D eigenvalue weighted by atomic mass is 10.1. The molecule has 21 heavy (non-hydrogen) atoms. The number of guanidine groups is 1. The van der Waals surface area contributed by atoms with Crippen molar-refractivity contribution in [2.75, 3.05) is 7.05 Å². The topological polar surface area (TPSA) is 49.3 Å². The number of hydrogen-bond acceptors (Lipinski definition) is 3. The highest BCUT2D eigenvalue weighted by Gasteiger charge is 2.12. The Bertz CT molecular complexity index is 596. The average Bonchev–Trinajstić information content (AvgIpc) is 2.92. The summed E-state index contributed by atoms with van der Waals surface area (Å²) in [5.74, 6) is 0.791. The molecule has 0 saturated heterocycles. The van der Waals surface area contributed by atoms with Gasteiger partial charge in [-0.05, 0) is 20.8 Å². The van der Waals surface area contributed by atoms with Gasteiger partial charge in [0.25, 0.3) is 0 Å². The van der Waals surface area contributed by atoms with Crippen LogP contribution in [0.1, 0.15) is 25.8 Å². The summed E-state index contributed by atoms with van der Waals surface area (Å²) in [4.78, 5) is 8.88. The lowest BCUT2D eigenvalue weighted by Crippen LogP contribution is -2.47. The molecule has 0 aliphatic carbocycles. The first-order valence-electron chi connectivity index (χ1n) is 6.96. The van der Waals surface area contributed by atoms with Crippen molar-refractivity contribution in [1.82, 2.24) is 15.6 Å². The van der Waals surface area contributed by atoms with E-state index in [2.05, 4.69) is 58.9 Å². The van der Waals surface area contributed by atoms with Crippen LogP contribution in [0.4, 0.5) is 0 Å². The predicted octanol–water partition coefficient (Wildman–Crippen LogP) is 3.27. The molecular formula is C16H22N4S. The standard InChI is InChI=1S/C16H22N4S/c1-16(2,3)20-15(17-4)18-10-14-19-13(11-21-14)12-8-6-5-7-9-12/h5-9,11H,10H2,1-4H3,(H2,17,18,20). The predicted molar refractivity (Wildman–Crippen MR) is 90.6 cm³/mol. The number of rotatable bonds is 3. The first-order valence-corrected chi connectivity index (χ1v) is 7.84. The lowest BCUT2D eigenvalue weighted by Gasteiger charge is -2.23. The lowest BCUT2D eigenvalue weighted by molar-refractivity contribution is 0.501. The van der Waals surface area contributed by atoms with Gasteiger partial charge in [0, 0.05) is 23.5 Å². The van der Waals surface area contributed by atoms with Gasteiger partial charge >= 0.3 is 0 Å². The molecule has 5 heteroatoms. The van der Waals surface area contributed by atoms with Crippen LogP contribution >= 0.6 is 11.3 Å². The molecule has 0 saturated carbocycles. The van der Waals surface area contributed by atoms with Crippen molar-refractivity contribution in [3.8, 4) is 11.3 Å². The average molecular weight is 302 g/mol. The molecule has 1 aromatic carbocycles. The zero-order valence-electron chi connectivity index (χ0n) is 13.0. The minimum atomic E-state index is -0.0140. The molecule has 2 aromatic rings. The van der Waals surface area contributed by atoms with Crippen molar-refractivity contribution in [1.29, 1.82) is 0 Å². The van der Waals surface area contributed by atoms with Gasteiger partial charge in [0.2, 0.25) is 0 Å². The van der Waals surface area contributed by atoms with E-state index < -0.39 is 0 Å². The van der Waals surface area contributed by atoms with Gasteiger partial charge < -0.3 is 10.6 Å². The van der Waals surface area contributed by atoms with Crippen molar-refractivity contribution in [3.63, 3.8) is 0 Å². The van der Waals surface area contributed by atoms with Crippen LogP contribution in [0.5, 0.6) is 0 Å². The molecule has 0 amide bonds. The van der Waals surface area contributed by atoms with Crippen LogP contribution in [0.25, 0.3) is 11.3 Å². The maximum absolute atomic E-state index is 4.66. The number of thiazole rings is 1. The van der Waals surface area contributed by atoms with E-state index in [4.69, 9.17) is 0 Å². The molecular weight excluding hydrogens is 280 g/mol. The second-order valence-corrected chi connectivity index (χ2v) is 6.74. The Morgan fingerprint density at radius 2 is 1.95 bits per heavy atom. The van der Waals surface area contributed by atoms with Crippen LogP contribution in [-0.4, -0.2) is 23.5 Å². The van der Waals surface area contributed by atoms with Crippen LogP contribution in [0.3, 0.4) is 0 Å². The minimum absolute atomic E-state index is 0.0140. The molecule has 0 radical (unpaired) electrons. The van der Waals surface area contributed by atoms with Crippen LogP contribution in [-0.2, 0) is 6.54 Å². The molecule has 0 aliphatic rings. The molecule has 0 fully saturated rings. The Balaban J connectivity index is 1.97. The van der Waals surface area contributed by atoms with E-state index in [-0.39, 0.29) is 5.54 Å². The zero-order chi connectivity index (χ0) is 15.3. The van der Waals surface area contributed by atoms with Crippen molar-refractivity contribution in [2.45, 2.75) is 32.9 Å². The summed E-state index contributed by atoms with van der Waals surface area (Å²) in [7, 11) is 1.78. The van der Waals surface area contributed by atoms with Crippen molar-refractivity contribution >= 4 is 17.3 Å². The molecule has 0 aliphatic heterocycles. The molecule has 1 aromatic heterocycles. The monoisotopic (exact) mass is 302 g/mol. The van der Waals surface area contributed by atoms with E-state index in [0.29, 0.717) is 6.54 Å². The van der Waals surface area contributed by atoms with Gasteiger partial charge in [0.1, 0.15) is 5.01 Å². The fourth-order valence-corrected chi connectivity index (χ4v) is 2.57. The second-order valence-electron chi connectivity index (χ2n) is 5.79. The highest BCUT2D eigenvalue weighted by molar-refractivity contribution is 7.09. The summed E-state index contributed by atoms with van der Waals surface area (Å²) in [6, 6.07) is 10.2. The van der Waals surface area contributed by atoms with Crippen molar-refractivity contribution in [3.05, 3.63) is 40.7 Å². The van der Waals surface area contributed by atoms with E-state index in [9.17, 15) is 0 Å². The first-order chi connectivity index (χ1) is 9.98. The summed E-state index contributed by atoms with van der Waals surface area (Å²) >= 11 is 1.66. The maximum atomic E-state index is 4.66. The van der Waals surface area contributed by atoms with E-state index in [1.807, 2.05) is 18.2 Å². The third kappa shape index (κ3) is 4.86. The molecule has 0 unspecified atom stereocenters. The molecule has 2 N–H and O–H groups in total. The Morgan fingerprint density at radius 1 is 1.24 bits per heavy atom. The zero-order valence-corrected chi connectivity index (χ0v) is 13.8. The van der Waals surface area contributed by atoms with Crippen LogP contribution in [0, 0.1) is 0 Å². The van der Waals surface area contributed by atoms with Crippen molar-refractivity contribution < 1.29 is 0 Å². The number of nitrogens with zero attached hydrogens (tertiary/aromatic N) is 2. The fraction of sp³-hybridized carbons (Fsp3) is 0.375. The van der Waals surface area contributed by atoms with E-state index in [1.165, 1.54) is 0 Å². The van der Waals surface area contributed by atoms with Gasteiger partial charge in [-0.1, -0.05) is 30.3 Å². The van der Waals surface area contributed by atoms with Crippen LogP contribution in [0.15, 0.2) is 40.7 Å². The first kappa shape index (κ1) is 15.5. The smallest absolute Gasteiger partial charge is 0.191 e. The number of benzene rings is 1. The van der Waals surface area contributed by atoms with Gasteiger partial charge in [-0.3, -0.25) is 4.99 Å². The molecule has 0 atom stereocenters. The summed E-state index contributed by atoms with van der Waals surface area (Å²) < 4.78 is 0. The number of aromatic nitrogens is 1. The number of aliphatic imine (C=N–C) groups is 1. The Labute approximate surface area is 130 Å². The van der Waals surface area contributed by atoms with Gasteiger partial charge in [-0.25, -0.2) is 4.98 Å². The van der Waals surface area contributed by atoms with E-state index in [0.717, 1.165) is 22.2 Å². The minimum Gasteiger partial charge on any atom is -0.352 e. The summed E-state index contributed by atoms with van der Waals surface area (Å²) in [6.45, 7) is 7.00. The highest BCUT2D eigenvalue weighted by Crippen LogP contribution is 2.21. The normalized spacial score (nSPS) is 12.3. The van der Waals surface area contributed by atoms with Crippen LogP contribution < -0.4 is 10.6 Å². The number of hydrogen-bond donors (Lipinski definition) is 2. The third-order valence-corrected chi connectivity index (χ3v) is 3.59. The quantitative estimate of drug-likeness (QED) is 0.676.